The molecule has 2 rings (SSSR count). The molecule has 20 heavy (non-hydrogen) atoms. The van der Waals surface area contributed by atoms with Gasteiger partial charge in [-0.15, -0.1) is 0 Å². The van der Waals surface area contributed by atoms with Gasteiger partial charge in [0.2, 0.25) is 0 Å². The van der Waals surface area contributed by atoms with Crippen LogP contribution in [0.5, 0.6) is 5.75 Å². The molecule has 0 saturated carbocycles. The Bertz CT molecular complexity index is 569. The van der Waals surface area contributed by atoms with E-state index in [-0.39, 0.29) is 12.3 Å². The van der Waals surface area contributed by atoms with Crippen molar-refractivity contribution in [2.75, 3.05) is 6.54 Å². The number of nitro groups is 1. The van der Waals surface area contributed by atoms with Crippen molar-refractivity contribution in [2.24, 2.45) is 0 Å². The predicted molar refractivity (Wildman–Crippen MR) is 71.3 cm³/mol. The minimum atomic E-state index is -0.421. The fraction of sp³-hybridized carbons (Fsp3) is 0.308. The highest BCUT2D eigenvalue weighted by atomic mass is 16.6. The topological polar surface area (TPSA) is 90.4 Å². The zero-order valence-corrected chi connectivity index (χ0v) is 11.0. The first kappa shape index (κ1) is 14.0. The number of nitro benzene ring substituents is 1. The molecule has 7 nitrogen and oxygen atoms in total. The highest BCUT2D eigenvalue weighted by molar-refractivity contribution is 5.43. The Kier molecular flexibility index (Phi) is 4.67. The molecule has 1 heterocycles. The molecule has 0 unspecified atom stereocenters. The summed E-state index contributed by atoms with van der Waals surface area (Å²) in [6.45, 7) is 3.47. The Morgan fingerprint density at radius 1 is 1.45 bits per heavy atom. The van der Waals surface area contributed by atoms with Crippen LogP contribution < -0.4 is 10.1 Å². The van der Waals surface area contributed by atoms with E-state index in [0.29, 0.717) is 18.1 Å². The lowest BCUT2D eigenvalue weighted by atomic mass is 10.1. The van der Waals surface area contributed by atoms with Crippen molar-refractivity contribution in [3.8, 4) is 5.75 Å². The monoisotopic (exact) mass is 277 g/mol. The largest absolute Gasteiger partial charge is 0.485 e. The Morgan fingerprint density at radius 2 is 2.30 bits per heavy atom. The molecule has 0 radical (unpaired) electrons. The van der Waals surface area contributed by atoms with E-state index < -0.39 is 4.92 Å². The van der Waals surface area contributed by atoms with E-state index in [9.17, 15) is 10.1 Å². The third kappa shape index (κ3) is 3.55. The number of benzene rings is 1. The first-order valence-corrected chi connectivity index (χ1v) is 6.21. The second-order valence-corrected chi connectivity index (χ2v) is 4.10. The van der Waals surface area contributed by atoms with E-state index in [4.69, 9.17) is 9.26 Å². The van der Waals surface area contributed by atoms with Crippen LogP contribution >= 0.6 is 0 Å². The standard InChI is InChI=1S/C13H15N3O4/c1-2-14-8-10-7-11(16(17)18)3-4-13(10)19-9-12-5-6-15-20-12/h3-7,14H,2,8-9H2,1H3. The highest BCUT2D eigenvalue weighted by Crippen LogP contribution is 2.25. The Hall–Kier alpha value is -2.41. The molecule has 0 atom stereocenters. The molecule has 7 heteroatoms. The summed E-state index contributed by atoms with van der Waals surface area (Å²) in [5, 5.41) is 17.5. The van der Waals surface area contributed by atoms with Crippen LogP contribution in [-0.4, -0.2) is 16.6 Å². The smallest absolute Gasteiger partial charge is 0.270 e. The van der Waals surface area contributed by atoms with Crippen molar-refractivity contribution >= 4 is 5.69 Å². The minimum absolute atomic E-state index is 0.0462. The maximum absolute atomic E-state index is 10.8. The minimum Gasteiger partial charge on any atom is -0.485 e. The summed E-state index contributed by atoms with van der Waals surface area (Å²) < 4.78 is 10.6. The van der Waals surface area contributed by atoms with E-state index in [1.807, 2.05) is 6.92 Å². The van der Waals surface area contributed by atoms with Crippen molar-refractivity contribution in [2.45, 2.75) is 20.1 Å². The molecule has 0 saturated heterocycles. The molecule has 0 spiro atoms. The summed E-state index contributed by atoms with van der Waals surface area (Å²) in [4.78, 5) is 10.4. The van der Waals surface area contributed by atoms with Crippen LogP contribution in [-0.2, 0) is 13.2 Å². The van der Waals surface area contributed by atoms with Crippen molar-refractivity contribution < 1.29 is 14.2 Å². The van der Waals surface area contributed by atoms with Crippen molar-refractivity contribution in [1.29, 1.82) is 0 Å². The first-order valence-electron chi connectivity index (χ1n) is 6.21. The summed E-state index contributed by atoms with van der Waals surface area (Å²) >= 11 is 0. The predicted octanol–water partition coefficient (Wildman–Crippen LogP) is 2.27. The second kappa shape index (κ2) is 6.67. The van der Waals surface area contributed by atoms with Crippen LogP contribution in [0.4, 0.5) is 5.69 Å². The van der Waals surface area contributed by atoms with Gasteiger partial charge < -0.3 is 14.6 Å². The van der Waals surface area contributed by atoms with Gasteiger partial charge in [-0.3, -0.25) is 10.1 Å². The van der Waals surface area contributed by atoms with E-state index in [2.05, 4.69) is 10.5 Å². The molecule has 0 aliphatic carbocycles. The van der Waals surface area contributed by atoms with Crippen LogP contribution in [0.2, 0.25) is 0 Å². The van der Waals surface area contributed by atoms with Crippen molar-refractivity contribution in [1.82, 2.24) is 10.5 Å². The molecule has 1 aromatic carbocycles. The normalized spacial score (nSPS) is 10.4. The number of ether oxygens (including phenoxy) is 1. The molecule has 0 aliphatic heterocycles. The molecule has 0 amide bonds. The lowest BCUT2D eigenvalue weighted by molar-refractivity contribution is -0.384. The van der Waals surface area contributed by atoms with Crippen LogP contribution in [0.15, 0.2) is 35.0 Å². The van der Waals surface area contributed by atoms with Gasteiger partial charge in [-0.05, 0) is 12.6 Å². The molecule has 0 fully saturated rings. The van der Waals surface area contributed by atoms with E-state index >= 15 is 0 Å². The average molecular weight is 277 g/mol. The second-order valence-electron chi connectivity index (χ2n) is 4.10. The number of aromatic nitrogens is 1. The van der Waals surface area contributed by atoms with Gasteiger partial charge in [0, 0.05) is 30.3 Å². The Morgan fingerprint density at radius 3 is 2.95 bits per heavy atom. The number of hydrogen-bond donors (Lipinski definition) is 1. The van der Waals surface area contributed by atoms with Gasteiger partial charge in [-0.1, -0.05) is 12.1 Å². The molecular weight excluding hydrogens is 262 g/mol. The molecule has 106 valence electrons. The van der Waals surface area contributed by atoms with Crippen LogP contribution in [0.3, 0.4) is 0 Å². The molecule has 1 aromatic heterocycles. The lowest BCUT2D eigenvalue weighted by Crippen LogP contribution is -2.13. The SMILES string of the molecule is CCNCc1cc([N+](=O)[O-])ccc1OCc1ccno1. The molecule has 0 bridgehead atoms. The molecular formula is C13H15N3O4. The van der Waals surface area contributed by atoms with Crippen LogP contribution in [0.1, 0.15) is 18.2 Å². The van der Waals surface area contributed by atoms with Crippen molar-refractivity contribution in [3.63, 3.8) is 0 Å². The maximum Gasteiger partial charge on any atom is 0.270 e. The van der Waals surface area contributed by atoms with Gasteiger partial charge in [0.15, 0.2) is 5.76 Å². The van der Waals surface area contributed by atoms with Gasteiger partial charge in [0.1, 0.15) is 12.4 Å². The van der Waals surface area contributed by atoms with Crippen molar-refractivity contribution in [3.05, 3.63) is 51.9 Å². The summed E-state index contributed by atoms with van der Waals surface area (Å²) in [5.41, 5.74) is 0.783. The molecule has 2 aromatic rings. The van der Waals surface area contributed by atoms with Gasteiger partial charge in [-0.25, -0.2) is 0 Å². The van der Waals surface area contributed by atoms with Gasteiger partial charge in [0.05, 0.1) is 11.1 Å². The lowest BCUT2D eigenvalue weighted by Gasteiger charge is -2.10. The summed E-state index contributed by atoms with van der Waals surface area (Å²) in [7, 11) is 0. The fourth-order valence-electron chi connectivity index (χ4n) is 1.68. The molecule has 0 aliphatic rings. The summed E-state index contributed by atoms with van der Waals surface area (Å²) in [6, 6.07) is 6.24. The highest BCUT2D eigenvalue weighted by Gasteiger charge is 2.12. The fourth-order valence-corrected chi connectivity index (χ4v) is 1.68. The zero-order chi connectivity index (χ0) is 14.4. The van der Waals surface area contributed by atoms with E-state index in [0.717, 1.165) is 12.1 Å². The third-order valence-electron chi connectivity index (χ3n) is 2.68. The average Bonchev–Trinajstić information content (AvgIpc) is 2.96. The first-order chi connectivity index (χ1) is 9.70. The van der Waals surface area contributed by atoms with Gasteiger partial charge in [-0.2, -0.15) is 0 Å². The van der Waals surface area contributed by atoms with Crippen LogP contribution in [0.25, 0.3) is 0 Å². The number of hydrogen-bond acceptors (Lipinski definition) is 6. The quantitative estimate of drug-likeness (QED) is 0.616. The Labute approximate surface area is 115 Å². The number of non-ortho nitro benzene ring substituents is 1. The molecule has 1 N–H and O–H groups in total. The van der Waals surface area contributed by atoms with Crippen LogP contribution in [0, 0.1) is 10.1 Å². The number of nitrogens with zero attached hydrogens (tertiary/aromatic N) is 2. The van der Waals surface area contributed by atoms with Gasteiger partial charge in [0.25, 0.3) is 5.69 Å². The maximum atomic E-state index is 10.8. The Balaban J connectivity index is 2.14. The number of rotatable bonds is 7. The third-order valence-corrected chi connectivity index (χ3v) is 2.68. The van der Waals surface area contributed by atoms with E-state index in [1.54, 1.807) is 12.1 Å². The van der Waals surface area contributed by atoms with E-state index in [1.165, 1.54) is 18.3 Å². The summed E-state index contributed by atoms with van der Waals surface area (Å²) in [5.74, 6) is 1.19. The summed E-state index contributed by atoms with van der Waals surface area (Å²) in [6.07, 6.45) is 1.54. The number of nitrogens with one attached hydrogen (secondary N) is 1. The van der Waals surface area contributed by atoms with Gasteiger partial charge >= 0.3 is 0 Å². The zero-order valence-electron chi connectivity index (χ0n) is 11.0.